The van der Waals surface area contributed by atoms with Crippen LogP contribution < -0.4 is 5.32 Å². The summed E-state index contributed by atoms with van der Waals surface area (Å²) in [5.74, 6) is -0.972. The summed E-state index contributed by atoms with van der Waals surface area (Å²) in [6.07, 6.45) is 0.00745. The third-order valence-electron chi connectivity index (χ3n) is 1.13. The van der Waals surface area contributed by atoms with Crippen molar-refractivity contribution in [1.29, 1.82) is 5.26 Å². The first-order chi connectivity index (χ1) is 5.07. The Balaban J connectivity index is 3.92. The van der Waals surface area contributed by atoms with Gasteiger partial charge in [0.25, 0.3) is 0 Å². The second-order valence-electron chi connectivity index (χ2n) is 2.57. The van der Waals surface area contributed by atoms with E-state index < -0.39 is 12.0 Å². The molecular formula is C7H12N2O2. The number of carboxylic acids is 1. The van der Waals surface area contributed by atoms with Gasteiger partial charge in [0, 0.05) is 6.04 Å². The van der Waals surface area contributed by atoms with Crippen LogP contribution in [-0.2, 0) is 4.79 Å². The van der Waals surface area contributed by atoms with E-state index in [2.05, 4.69) is 5.32 Å². The van der Waals surface area contributed by atoms with Crippen LogP contribution in [0.4, 0.5) is 0 Å². The standard InChI is InChI=1S/C7H12N2O2/c1-5(2)9-6(3-4-8)7(10)11/h5-6,9H,3H2,1-2H3,(H,10,11). The van der Waals surface area contributed by atoms with Crippen LogP contribution in [0, 0.1) is 11.3 Å². The van der Waals surface area contributed by atoms with Crippen molar-refractivity contribution in [3.05, 3.63) is 0 Å². The molecule has 0 radical (unpaired) electrons. The highest BCUT2D eigenvalue weighted by Crippen LogP contribution is 1.92. The predicted molar refractivity (Wildman–Crippen MR) is 39.9 cm³/mol. The smallest absolute Gasteiger partial charge is 0.321 e. The van der Waals surface area contributed by atoms with Crippen LogP contribution in [0.3, 0.4) is 0 Å². The SMILES string of the molecule is CC(C)NC(CC#N)C(=O)O. The summed E-state index contributed by atoms with van der Waals surface area (Å²) in [4.78, 5) is 10.4. The van der Waals surface area contributed by atoms with Gasteiger partial charge in [0.05, 0.1) is 12.5 Å². The molecule has 0 amide bonds. The van der Waals surface area contributed by atoms with E-state index in [1.165, 1.54) is 0 Å². The number of rotatable bonds is 4. The van der Waals surface area contributed by atoms with E-state index in [0.29, 0.717) is 0 Å². The van der Waals surface area contributed by atoms with E-state index in [1.54, 1.807) is 0 Å². The lowest BCUT2D eigenvalue weighted by Gasteiger charge is -2.13. The average Bonchev–Trinajstić information content (AvgIpc) is 1.86. The molecule has 0 heterocycles. The van der Waals surface area contributed by atoms with Crippen LogP contribution >= 0.6 is 0 Å². The lowest BCUT2D eigenvalue weighted by atomic mass is 10.2. The van der Waals surface area contributed by atoms with Crippen LogP contribution in [0.25, 0.3) is 0 Å². The summed E-state index contributed by atoms with van der Waals surface area (Å²) in [7, 11) is 0. The largest absolute Gasteiger partial charge is 0.480 e. The fourth-order valence-corrected chi connectivity index (χ4v) is 0.711. The van der Waals surface area contributed by atoms with Crippen LogP contribution in [0.1, 0.15) is 20.3 Å². The highest BCUT2D eigenvalue weighted by Gasteiger charge is 2.16. The molecule has 1 atom stereocenters. The molecule has 11 heavy (non-hydrogen) atoms. The molecule has 2 N–H and O–H groups in total. The fraction of sp³-hybridized carbons (Fsp3) is 0.714. The fourth-order valence-electron chi connectivity index (χ4n) is 0.711. The molecule has 0 aliphatic heterocycles. The Kier molecular flexibility index (Phi) is 4.23. The molecule has 4 heteroatoms. The van der Waals surface area contributed by atoms with Gasteiger partial charge in [0.2, 0.25) is 0 Å². The number of aliphatic carboxylic acids is 1. The third-order valence-corrected chi connectivity index (χ3v) is 1.13. The molecule has 0 saturated heterocycles. The van der Waals surface area contributed by atoms with Crippen molar-refractivity contribution in [3.8, 4) is 6.07 Å². The summed E-state index contributed by atoms with van der Waals surface area (Å²) in [6.45, 7) is 3.68. The first-order valence-electron chi connectivity index (χ1n) is 3.43. The monoisotopic (exact) mass is 156 g/mol. The molecule has 0 fully saturated rings. The molecule has 0 aliphatic rings. The number of hydrogen-bond acceptors (Lipinski definition) is 3. The minimum absolute atomic E-state index is 0.00745. The molecule has 0 aliphatic carbocycles. The first-order valence-corrected chi connectivity index (χ1v) is 3.43. The number of carbonyl (C=O) groups is 1. The number of carboxylic acid groups (broad SMARTS) is 1. The van der Waals surface area contributed by atoms with Gasteiger partial charge in [-0.2, -0.15) is 5.26 Å². The van der Waals surface area contributed by atoms with Crippen molar-refractivity contribution in [3.63, 3.8) is 0 Å². The van der Waals surface area contributed by atoms with E-state index >= 15 is 0 Å². The van der Waals surface area contributed by atoms with E-state index in [-0.39, 0.29) is 12.5 Å². The van der Waals surface area contributed by atoms with Gasteiger partial charge in [0.1, 0.15) is 6.04 Å². The first kappa shape index (κ1) is 9.92. The van der Waals surface area contributed by atoms with E-state index in [4.69, 9.17) is 10.4 Å². The molecule has 0 bridgehead atoms. The zero-order chi connectivity index (χ0) is 8.85. The Labute approximate surface area is 65.8 Å². The lowest BCUT2D eigenvalue weighted by Crippen LogP contribution is -2.40. The van der Waals surface area contributed by atoms with E-state index in [1.807, 2.05) is 19.9 Å². The van der Waals surface area contributed by atoms with Crippen molar-refractivity contribution >= 4 is 5.97 Å². The van der Waals surface area contributed by atoms with Gasteiger partial charge in [0.15, 0.2) is 0 Å². The molecular weight excluding hydrogens is 144 g/mol. The molecule has 0 rings (SSSR count). The molecule has 0 saturated carbocycles. The van der Waals surface area contributed by atoms with Gasteiger partial charge >= 0.3 is 5.97 Å². The summed E-state index contributed by atoms with van der Waals surface area (Å²) in [6, 6.07) is 1.16. The topological polar surface area (TPSA) is 73.1 Å². The predicted octanol–water partition coefficient (Wildman–Crippen LogP) is 0.351. The van der Waals surface area contributed by atoms with Crippen LogP contribution in [0.2, 0.25) is 0 Å². The molecule has 0 aromatic rings. The maximum atomic E-state index is 10.4. The molecule has 0 aromatic heterocycles. The van der Waals surface area contributed by atoms with Crippen molar-refractivity contribution in [2.24, 2.45) is 0 Å². The highest BCUT2D eigenvalue weighted by atomic mass is 16.4. The zero-order valence-corrected chi connectivity index (χ0v) is 6.66. The van der Waals surface area contributed by atoms with Crippen molar-refractivity contribution < 1.29 is 9.90 Å². The number of nitriles is 1. The van der Waals surface area contributed by atoms with Gasteiger partial charge in [-0.3, -0.25) is 4.79 Å². The average molecular weight is 156 g/mol. The number of nitrogens with zero attached hydrogens (tertiary/aromatic N) is 1. The number of nitrogens with one attached hydrogen (secondary N) is 1. The van der Waals surface area contributed by atoms with Gasteiger partial charge < -0.3 is 10.4 Å². The van der Waals surface area contributed by atoms with Crippen LogP contribution in [0.15, 0.2) is 0 Å². The second kappa shape index (κ2) is 4.69. The van der Waals surface area contributed by atoms with Crippen molar-refractivity contribution in [2.75, 3.05) is 0 Å². The summed E-state index contributed by atoms with van der Waals surface area (Å²) in [5, 5.41) is 19.5. The third kappa shape index (κ3) is 4.34. The summed E-state index contributed by atoms with van der Waals surface area (Å²) in [5.41, 5.74) is 0. The van der Waals surface area contributed by atoms with Crippen LogP contribution in [-0.4, -0.2) is 23.2 Å². The van der Waals surface area contributed by atoms with Crippen LogP contribution in [0.5, 0.6) is 0 Å². The Morgan fingerprint density at radius 1 is 1.73 bits per heavy atom. The summed E-state index contributed by atoms with van der Waals surface area (Å²) < 4.78 is 0. The molecule has 0 spiro atoms. The number of hydrogen-bond donors (Lipinski definition) is 2. The summed E-state index contributed by atoms with van der Waals surface area (Å²) >= 11 is 0. The lowest BCUT2D eigenvalue weighted by molar-refractivity contribution is -0.139. The quantitative estimate of drug-likeness (QED) is 0.616. The maximum Gasteiger partial charge on any atom is 0.321 e. The minimum Gasteiger partial charge on any atom is -0.480 e. The Morgan fingerprint density at radius 2 is 2.27 bits per heavy atom. The minimum atomic E-state index is -0.972. The normalized spacial score (nSPS) is 12.5. The highest BCUT2D eigenvalue weighted by molar-refractivity contribution is 5.73. The Hall–Kier alpha value is -1.08. The molecule has 0 aromatic carbocycles. The molecule has 1 unspecified atom stereocenters. The Bertz CT molecular complexity index is 172. The molecule has 62 valence electrons. The van der Waals surface area contributed by atoms with E-state index in [0.717, 1.165) is 0 Å². The second-order valence-corrected chi connectivity index (χ2v) is 2.57. The van der Waals surface area contributed by atoms with E-state index in [9.17, 15) is 4.79 Å². The molecule has 4 nitrogen and oxygen atoms in total. The Morgan fingerprint density at radius 3 is 2.55 bits per heavy atom. The zero-order valence-electron chi connectivity index (χ0n) is 6.66. The maximum absolute atomic E-state index is 10.4. The van der Waals surface area contributed by atoms with Crippen molar-refractivity contribution in [1.82, 2.24) is 5.32 Å². The van der Waals surface area contributed by atoms with Gasteiger partial charge in [-0.25, -0.2) is 0 Å². The van der Waals surface area contributed by atoms with Crippen molar-refractivity contribution in [2.45, 2.75) is 32.4 Å². The van der Waals surface area contributed by atoms with Gasteiger partial charge in [-0.15, -0.1) is 0 Å². The van der Waals surface area contributed by atoms with Gasteiger partial charge in [-0.1, -0.05) is 13.8 Å². The van der Waals surface area contributed by atoms with Gasteiger partial charge in [-0.05, 0) is 0 Å².